The Balaban J connectivity index is 1.68. The highest BCUT2D eigenvalue weighted by Gasteiger charge is 2.27. The third-order valence-electron chi connectivity index (χ3n) is 3.98. The van der Waals surface area contributed by atoms with Crippen LogP contribution in [0.25, 0.3) is 0 Å². The fraction of sp³-hybridized carbons (Fsp3) is 0.100. The molecule has 0 saturated heterocycles. The Morgan fingerprint density at radius 3 is 2.22 bits per heavy atom. The van der Waals surface area contributed by atoms with E-state index in [2.05, 4.69) is 94.6 Å². The third kappa shape index (κ3) is 3.11. The molecule has 114 valence electrons. The first-order valence-electron chi connectivity index (χ1n) is 7.79. The van der Waals surface area contributed by atoms with E-state index in [0.717, 1.165) is 6.54 Å². The van der Waals surface area contributed by atoms with Gasteiger partial charge in [0.1, 0.15) is 6.17 Å². The Labute approximate surface area is 141 Å². The molecule has 1 heterocycles. The Morgan fingerprint density at radius 1 is 0.783 bits per heavy atom. The lowest BCUT2D eigenvalue weighted by molar-refractivity contribution is 0.380. The summed E-state index contributed by atoms with van der Waals surface area (Å²) in [4.78, 5) is 1.27. The van der Waals surface area contributed by atoms with Crippen molar-refractivity contribution in [3.8, 4) is 0 Å². The quantitative estimate of drug-likeness (QED) is 0.658. The highest BCUT2D eigenvalue weighted by atomic mass is 32.2. The van der Waals surface area contributed by atoms with Crippen LogP contribution in [0.1, 0.15) is 17.3 Å². The molecule has 1 aliphatic rings. The van der Waals surface area contributed by atoms with E-state index in [1.165, 1.54) is 21.7 Å². The Hall–Kier alpha value is -2.23. The van der Waals surface area contributed by atoms with Crippen LogP contribution in [0.2, 0.25) is 0 Å². The molecule has 0 aliphatic carbocycles. The number of hydrogen-bond donors (Lipinski definition) is 1. The van der Waals surface area contributed by atoms with E-state index in [9.17, 15) is 0 Å². The van der Waals surface area contributed by atoms with Crippen LogP contribution in [0.15, 0.2) is 89.8 Å². The molecule has 0 fully saturated rings. The average Bonchev–Trinajstić information content (AvgIpc) is 2.63. The van der Waals surface area contributed by atoms with Crippen LogP contribution in [-0.2, 0) is 6.54 Å². The van der Waals surface area contributed by atoms with Crippen molar-refractivity contribution in [2.45, 2.75) is 17.6 Å². The van der Waals surface area contributed by atoms with Crippen LogP contribution in [-0.4, -0.2) is 4.31 Å². The number of benzene rings is 3. The second-order valence-corrected chi connectivity index (χ2v) is 6.70. The number of anilines is 1. The SMILES string of the molecule is c1ccc(CN2Sc3ccccc3NC2c2ccccc2)cc1. The lowest BCUT2D eigenvalue weighted by atomic mass is 10.1. The number of para-hydroxylation sites is 1. The fourth-order valence-corrected chi connectivity index (χ4v) is 3.95. The van der Waals surface area contributed by atoms with E-state index in [-0.39, 0.29) is 6.17 Å². The molecule has 23 heavy (non-hydrogen) atoms. The maximum absolute atomic E-state index is 3.69. The van der Waals surface area contributed by atoms with Crippen molar-refractivity contribution in [1.82, 2.24) is 4.31 Å². The van der Waals surface area contributed by atoms with Crippen molar-refractivity contribution in [2.24, 2.45) is 0 Å². The molecule has 0 amide bonds. The maximum atomic E-state index is 3.69. The average molecular weight is 318 g/mol. The molecule has 3 aromatic carbocycles. The molecule has 0 spiro atoms. The minimum Gasteiger partial charge on any atom is -0.364 e. The predicted octanol–water partition coefficient (Wildman–Crippen LogP) is 5.32. The molecule has 0 bridgehead atoms. The van der Waals surface area contributed by atoms with Crippen molar-refractivity contribution in [3.05, 3.63) is 96.1 Å². The first-order valence-corrected chi connectivity index (χ1v) is 8.56. The van der Waals surface area contributed by atoms with Crippen LogP contribution in [0.3, 0.4) is 0 Å². The summed E-state index contributed by atoms with van der Waals surface area (Å²) in [5.41, 5.74) is 3.81. The highest BCUT2D eigenvalue weighted by molar-refractivity contribution is 7.97. The smallest absolute Gasteiger partial charge is 0.116 e. The number of rotatable bonds is 3. The lowest BCUT2D eigenvalue weighted by Crippen LogP contribution is -2.31. The highest BCUT2D eigenvalue weighted by Crippen LogP contribution is 2.42. The summed E-state index contributed by atoms with van der Waals surface area (Å²) in [5.74, 6) is 0. The summed E-state index contributed by atoms with van der Waals surface area (Å²) in [7, 11) is 0. The normalized spacial score (nSPS) is 17.3. The molecule has 1 atom stereocenters. The van der Waals surface area contributed by atoms with Crippen molar-refractivity contribution in [2.75, 3.05) is 5.32 Å². The third-order valence-corrected chi connectivity index (χ3v) is 5.11. The van der Waals surface area contributed by atoms with Gasteiger partial charge in [0, 0.05) is 11.4 Å². The molecular formula is C20H18N2S. The Kier molecular flexibility index (Phi) is 4.05. The molecule has 0 aromatic heterocycles. The molecule has 1 aliphatic heterocycles. The zero-order valence-corrected chi connectivity index (χ0v) is 13.5. The molecule has 4 rings (SSSR count). The van der Waals surface area contributed by atoms with Crippen molar-refractivity contribution in [3.63, 3.8) is 0 Å². The van der Waals surface area contributed by atoms with E-state index >= 15 is 0 Å². The van der Waals surface area contributed by atoms with Gasteiger partial charge in [0.15, 0.2) is 0 Å². The topological polar surface area (TPSA) is 15.3 Å². The molecule has 0 radical (unpaired) electrons. The van der Waals surface area contributed by atoms with Gasteiger partial charge in [0.25, 0.3) is 0 Å². The van der Waals surface area contributed by atoms with Crippen LogP contribution in [0, 0.1) is 0 Å². The van der Waals surface area contributed by atoms with Gasteiger partial charge in [-0.2, -0.15) is 0 Å². The molecule has 0 saturated carbocycles. The Bertz CT molecular complexity index is 774. The first kappa shape index (κ1) is 14.4. The van der Waals surface area contributed by atoms with Gasteiger partial charge >= 0.3 is 0 Å². The van der Waals surface area contributed by atoms with Gasteiger partial charge in [-0.3, -0.25) is 0 Å². The first-order chi connectivity index (χ1) is 11.4. The maximum Gasteiger partial charge on any atom is 0.116 e. The number of nitrogens with zero attached hydrogens (tertiary/aromatic N) is 1. The molecule has 3 heteroatoms. The van der Waals surface area contributed by atoms with Crippen molar-refractivity contribution < 1.29 is 0 Å². The molecule has 1 N–H and O–H groups in total. The second kappa shape index (κ2) is 6.49. The number of hydrogen-bond acceptors (Lipinski definition) is 3. The predicted molar refractivity (Wildman–Crippen MR) is 97.1 cm³/mol. The lowest BCUT2D eigenvalue weighted by Gasteiger charge is -2.37. The van der Waals surface area contributed by atoms with E-state index < -0.39 is 0 Å². The number of fused-ring (bicyclic) bond motifs is 1. The van der Waals surface area contributed by atoms with Crippen LogP contribution >= 0.6 is 11.9 Å². The number of nitrogens with one attached hydrogen (secondary N) is 1. The van der Waals surface area contributed by atoms with E-state index in [0.29, 0.717) is 0 Å². The van der Waals surface area contributed by atoms with Gasteiger partial charge < -0.3 is 5.32 Å². The molecular weight excluding hydrogens is 300 g/mol. The summed E-state index contributed by atoms with van der Waals surface area (Å²) < 4.78 is 2.41. The Morgan fingerprint density at radius 2 is 1.43 bits per heavy atom. The second-order valence-electron chi connectivity index (χ2n) is 5.61. The summed E-state index contributed by atoms with van der Waals surface area (Å²) in [5, 5.41) is 3.69. The van der Waals surface area contributed by atoms with Crippen LogP contribution in [0.5, 0.6) is 0 Å². The zero-order valence-electron chi connectivity index (χ0n) is 12.7. The van der Waals surface area contributed by atoms with Gasteiger partial charge in [-0.1, -0.05) is 72.8 Å². The van der Waals surface area contributed by atoms with Gasteiger partial charge in [-0.15, -0.1) is 0 Å². The summed E-state index contributed by atoms with van der Waals surface area (Å²) in [6.07, 6.45) is 0.163. The minimum absolute atomic E-state index is 0.163. The van der Waals surface area contributed by atoms with Gasteiger partial charge in [0.2, 0.25) is 0 Å². The molecule has 1 unspecified atom stereocenters. The van der Waals surface area contributed by atoms with E-state index in [1.807, 2.05) is 11.9 Å². The largest absolute Gasteiger partial charge is 0.364 e. The van der Waals surface area contributed by atoms with Gasteiger partial charge in [-0.25, -0.2) is 4.31 Å². The standard InChI is InChI=1S/C20H18N2S/c1-3-9-16(10-4-1)15-22-20(17-11-5-2-6-12-17)21-18-13-7-8-14-19(18)23-22/h1-14,20-21H,15H2. The summed E-state index contributed by atoms with van der Waals surface area (Å²) >= 11 is 1.83. The van der Waals surface area contributed by atoms with Gasteiger partial charge in [-0.05, 0) is 35.2 Å². The molecule has 2 nitrogen and oxygen atoms in total. The summed E-state index contributed by atoms with van der Waals surface area (Å²) in [6.45, 7) is 0.895. The van der Waals surface area contributed by atoms with Crippen molar-refractivity contribution >= 4 is 17.6 Å². The van der Waals surface area contributed by atoms with Gasteiger partial charge in [0.05, 0.1) is 5.69 Å². The van der Waals surface area contributed by atoms with Crippen molar-refractivity contribution in [1.29, 1.82) is 0 Å². The van der Waals surface area contributed by atoms with E-state index in [4.69, 9.17) is 0 Å². The van der Waals surface area contributed by atoms with E-state index in [1.54, 1.807) is 0 Å². The minimum atomic E-state index is 0.163. The molecule has 3 aromatic rings. The van der Waals surface area contributed by atoms with Crippen LogP contribution < -0.4 is 5.32 Å². The monoisotopic (exact) mass is 318 g/mol. The van der Waals surface area contributed by atoms with Crippen LogP contribution in [0.4, 0.5) is 5.69 Å². The summed E-state index contributed by atoms with van der Waals surface area (Å²) in [6, 6.07) is 29.8. The zero-order chi connectivity index (χ0) is 15.5. The fourth-order valence-electron chi connectivity index (χ4n) is 2.84.